The van der Waals surface area contributed by atoms with Crippen LogP contribution in [0.3, 0.4) is 0 Å². The molecule has 0 aromatic heterocycles. The van der Waals surface area contributed by atoms with Crippen LogP contribution < -0.4 is 10.2 Å². The van der Waals surface area contributed by atoms with Crippen molar-refractivity contribution in [3.8, 4) is 0 Å². The number of amides is 1. The fourth-order valence-electron chi connectivity index (χ4n) is 9.94. The maximum absolute atomic E-state index is 12.8. The second kappa shape index (κ2) is 32.8. The third kappa shape index (κ3) is 23.1. The summed E-state index contributed by atoms with van der Waals surface area (Å²) in [6.07, 6.45) is 28.0. The van der Waals surface area contributed by atoms with E-state index in [2.05, 4.69) is 5.32 Å². The first-order valence-corrected chi connectivity index (χ1v) is 25.5. The van der Waals surface area contributed by atoms with Crippen LogP contribution in [-0.4, -0.2) is 84.5 Å². The summed E-state index contributed by atoms with van der Waals surface area (Å²) in [5.41, 5.74) is 0. The highest BCUT2D eigenvalue weighted by Gasteiger charge is 2.51. The summed E-state index contributed by atoms with van der Waals surface area (Å²) in [4.78, 5) is 50.6. The van der Waals surface area contributed by atoms with Gasteiger partial charge in [-0.25, -0.2) is 4.79 Å². The summed E-state index contributed by atoms with van der Waals surface area (Å²) in [5, 5.41) is 2.60. The minimum absolute atomic E-state index is 0.0868. The van der Waals surface area contributed by atoms with Crippen LogP contribution in [-0.2, 0) is 46.9 Å². The third-order valence-corrected chi connectivity index (χ3v) is 14.0. The molecule has 0 heterocycles. The van der Waals surface area contributed by atoms with Gasteiger partial charge in [-0.3, -0.25) is 14.2 Å². The molecule has 0 radical (unpaired) electrons. The van der Waals surface area contributed by atoms with Crippen molar-refractivity contribution in [3.63, 3.8) is 0 Å². The number of carbonyl (C=O) groups is 3. The van der Waals surface area contributed by atoms with Gasteiger partial charge in [0, 0.05) is 46.8 Å². The van der Waals surface area contributed by atoms with E-state index in [-0.39, 0.29) is 32.6 Å². The van der Waals surface area contributed by atoms with Gasteiger partial charge in [0.2, 0.25) is 0 Å². The third-order valence-electron chi connectivity index (χ3n) is 13.0. The topological polar surface area (TPSA) is 168 Å². The molecule has 3 fully saturated rings. The number of unbranched alkanes of at least 4 members (excludes halogenated alkanes) is 16. The molecule has 14 heteroatoms. The van der Waals surface area contributed by atoms with E-state index < -0.39 is 38.6 Å². The number of phosphoric acid groups is 1. The molecule has 3 saturated carbocycles. The Morgan fingerprint density at radius 3 is 1.52 bits per heavy atom. The van der Waals surface area contributed by atoms with E-state index in [0.717, 1.165) is 82.8 Å². The summed E-state index contributed by atoms with van der Waals surface area (Å²) < 4.78 is 49.6. The van der Waals surface area contributed by atoms with Gasteiger partial charge in [-0.2, -0.15) is 0 Å². The Morgan fingerprint density at radius 1 is 0.567 bits per heavy atom. The lowest BCUT2D eigenvalue weighted by Gasteiger charge is -2.32. The van der Waals surface area contributed by atoms with E-state index >= 15 is 0 Å². The van der Waals surface area contributed by atoms with Crippen LogP contribution in [0.4, 0.5) is 4.79 Å². The fraction of sp³-hybridized carbons (Fsp3) is 0.935. The van der Waals surface area contributed by atoms with Crippen LogP contribution in [0, 0.1) is 29.6 Å². The number of methoxy groups -OCH3 is 2. The Hall–Kier alpha value is -1.76. The Kier molecular flexibility index (Phi) is 28.8. The average Bonchev–Trinajstić information content (AvgIpc) is 3.57. The second-order valence-corrected chi connectivity index (χ2v) is 19.0. The molecule has 0 aromatic carbocycles. The minimum atomic E-state index is -4.84. The number of esters is 2. The van der Waals surface area contributed by atoms with Crippen LogP contribution >= 0.6 is 7.82 Å². The number of hydrogen-bond acceptors (Lipinski definition) is 12. The van der Waals surface area contributed by atoms with Crippen molar-refractivity contribution in [3.05, 3.63) is 0 Å². The zero-order valence-electron chi connectivity index (χ0n) is 37.6. The molecular formula is C46H83NO12P-. The number of hydrogen-bond donors (Lipinski definition) is 1. The molecule has 0 saturated heterocycles. The number of rotatable bonds is 36. The molecule has 0 bridgehead atoms. The number of fused-ring (bicyclic) bond motifs is 3. The highest BCUT2D eigenvalue weighted by atomic mass is 31.2. The maximum Gasteiger partial charge on any atom is 0.407 e. The van der Waals surface area contributed by atoms with Crippen molar-refractivity contribution in [2.24, 2.45) is 29.6 Å². The molecule has 6 unspecified atom stereocenters. The molecule has 1 amide bonds. The monoisotopic (exact) mass is 873 g/mol. The van der Waals surface area contributed by atoms with Gasteiger partial charge in [0.15, 0.2) is 6.10 Å². The quantitative estimate of drug-likeness (QED) is 0.0274. The van der Waals surface area contributed by atoms with E-state index in [1.54, 1.807) is 14.2 Å². The molecule has 60 heavy (non-hydrogen) atoms. The molecule has 1 N–H and O–H groups in total. The van der Waals surface area contributed by atoms with Gasteiger partial charge in [0.25, 0.3) is 7.82 Å². The summed E-state index contributed by atoms with van der Waals surface area (Å²) in [6, 6.07) is 0. The molecule has 6 atom stereocenters. The van der Waals surface area contributed by atoms with Gasteiger partial charge < -0.3 is 42.9 Å². The van der Waals surface area contributed by atoms with Gasteiger partial charge in [-0.15, -0.1) is 0 Å². The number of ether oxygens (including phenoxy) is 5. The maximum atomic E-state index is 12.8. The van der Waals surface area contributed by atoms with Crippen LogP contribution in [0.15, 0.2) is 0 Å². The SMILES string of the molecule is COCCCCCCCCCCCC(=O)OCC(COP(=O)([O-])OCCNC(=O)OCC1C2CCCCC2C2CCCCC21)OC(=O)CCCCCCCCCCCOC. The first-order valence-electron chi connectivity index (χ1n) is 24.1. The highest BCUT2D eigenvalue weighted by molar-refractivity contribution is 7.45. The first-order chi connectivity index (χ1) is 29.2. The molecular weight excluding hydrogens is 789 g/mol. The average molecular weight is 873 g/mol. The zero-order chi connectivity index (χ0) is 43.1. The Balaban J connectivity index is 1.34. The van der Waals surface area contributed by atoms with Crippen molar-refractivity contribution in [1.29, 1.82) is 0 Å². The van der Waals surface area contributed by atoms with Crippen LogP contribution in [0.2, 0.25) is 0 Å². The number of alkyl carbamates (subject to hydrolysis) is 1. The smallest absolute Gasteiger partial charge is 0.407 e. The van der Waals surface area contributed by atoms with Crippen molar-refractivity contribution >= 4 is 25.9 Å². The molecule has 0 spiro atoms. The van der Waals surface area contributed by atoms with Crippen LogP contribution in [0.1, 0.15) is 180 Å². The predicted octanol–water partition coefficient (Wildman–Crippen LogP) is 10.0. The summed E-state index contributed by atoms with van der Waals surface area (Å²) in [6.45, 7) is 0.705. The van der Waals surface area contributed by atoms with Crippen molar-refractivity contribution < 1.29 is 56.6 Å². The van der Waals surface area contributed by atoms with E-state index in [9.17, 15) is 23.8 Å². The van der Waals surface area contributed by atoms with Crippen LogP contribution in [0.5, 0.6) is 0 Å². The van der Waals surface area contributed by atoms with Gasteiger partial charge in [-0.05, 0) is 81.0 Å². The fourth-order valence-corrected chi connectivity index (χ4v) is 10.7. The molecule has 3 aliphatic rings. The summed E-state index contributed by atoms with van der Waals surface area (Å²) >= 11 is 0. The van der Waals surface area contributed by atoms with E-state index in [1.165, 1.54) is 96.3 Å². The molecule has 3 aliphatic carbocycles. The van der Waals surface area contributed by atoms with E-state index in [1.807, 2.05) is 0 Å². The molecule has 0 aliphatic heterocycles. The van der Waals surface area contributed by atoms with Crippen molar-refractivity contribution in [2.75, 3.05) is 60.4 Å². The lowest BCUT2D eigenvalue weighted by Crippen LogP contribution is -2.33. The second-order valence-electron chi connectivity index (χ2n) is 17.6. The van der Waals surface area contributed by atoms with E-state index in [4.69, 9.17) is 32.7 Å². The summed E-state index contributed by atoms with van der Waals surface area (Å²) in [7, 11) is -1.38. The van der Waals surface area contributed by atoms with Crippen molar-refractivity contribution in [2.45, 2.75) is 186 Å². The summed E-state index contributed by atoms with van der Waals surface area (Å²) in [5.74, 6) is 2.25. The lowest BCUT2D eigenvalue weighted by atomic mass is 9.73. The molecule has 350 valence electrons. The Bertz CT molecular complexity index is 1170. The van der Waals surface area contributed by atoms with Crippen LogP contribution in [0.25, 0.3) is 0 Å². The predicted molar refractivity (Wildman–Crippen MR) is 230 cm³/mol. The number of nitrogens with one attached hydrogen (secondary N) is 1. The lowest BCUT2D eigenvalue weighted by molar-refractivity contribution is -0.228. The Morgan fingerprint density at radius 2 is 1.02 bits per heavy atom. The normalized spacial score (nSPS) is 22.6. The van der Waals surface area contributed by atoms with Crippen molar-refractivity contribution in [1.82, 2.24) is 5.32 Å². The highest BCUT2D eigenvalue weighted by Crippen LogP contribution is 2.57. The van der Waals surface area contributed by atoms with Gasteiger partial charge in [0.1, 0.15) is 6.61 Å². The molecule has 3 rings (SSSR count). The van der Waals surface area contributed by atoms with E-state index in [0.29, 0.717) is 37.2 Å². The Labute approximate surface area is 362 Å². The standard InChI is InChI=1S/C46H84NO12P/c1-53-32-23-15-11-7-3-5-9-13-17-29-44(48)55-35-38(59-45(49)30-18-14-10-6-4-8-12-16-24-33-54-2)36-58-60(51,52)57-34-31-47-46(50)56-37-43-41-27-21-19-25-39(41)40-26-20-22-28-42(40)43/h38-43H,3-37H2,1-2H3,(H,47,50)(H,51,52)/p-1. The molecule has 0 aromatic rings. The number of carbonyl (C=O) groups excluding carboxylic acids is 3. The molecule has 13 nitrogen and oxygen atoms in total. The largest absolute Gasteiger partial charge is 0.756 e. The van der Waals surface area contributed by atoms with Gasteiger partial charge in [-0.1, -0.05) is 116 Å². The van der Waals surface area contributed by atoms with Gasteiger partial charge >= 0.3 is 18.0 Å². The zero-order valence-corrected chi connectivity index (χ0v) is 38.5. The first kappa shape index (κ1) is 52.6. The number of phosphoric ester groups is 1. The van der Waals surface area contributed by atoms with Gasteiger partial charge in [0.05, 0.1) is 19.8 Å². The minimum Gasteiger partial charge on any atom is -0.756 e.